The molecule has 0 radical (unpaired) electrons. The van der Waals surface area contributed by atoms with E-state index < -0.39 is 0 Å². The number of nitrogens with one attached hydrogen (secondary N) is 1. The van der Waals surface area contributed by atoms with Gasteiger partial charge in [0.05, 0.1) is 11.6 Å². The Labute approximate surface area is 100 Å². The van der Waals surface area contributed by atoms with Crippen molar-refractivity contribution < 1.29 is 4.74 Å². The van der Waals surface area contributed by atoms with Gasteiger partial charge in [0.2, 0.25) is 5.95 Å². The second-order valence-electron chi connectivity index (χ2n) is 3.87. The lowest BCUT2D eigenvalue weighted by Gasteiger charge is -2.13. The summed E-state index contributed by atoms with van der Waals surface area (Å²) in [4.78, 5) is 8.39. The molecule has 0 amide bonds. The lowest BCUT2D eigenvalue weighted by Crippen LogP contribution is -2.19. The molecule has 90 valence electrons. The van der Waals surface area contributed by atoms with Gasteiger partial charge in [0.15, 0.2) is 0 Å². The summed E-state index contributed by atoms with van der Waals surface area (Å²) in [5, 5.41) is 4.19. The van der Waals surface area contributed by atoms with E-state index in [1.165, 1.54) is 0 Å². The fourth-order valence-corrected chi connectivity index (χ4v) is 1.55. The quantitative estimate of drug-likeness (QED) is 0.838. The minimum absolute atomic E-state index is 0.116. The zero-order valence-electron chi connectivity index (χ0n) is 9.97. The summed E-state index contributed by atoms with van der Waals surface area (Å²) in [6.07, 6.45) is 0.116. The predicted octanol–water partition coefficient (Wildman–Crippen LogP) is 1.66. The van der Waals surface area contributed by atoms with Crippen LogP contribution >= 0.6 is 0 Å². The minimum atomic E-state index is 0.116. The number of methoxy groups -OCH3 is 1. The summed E-state index contributed by atoms with van der Waals surface area (Å²) in [6, 6.07) is 7.76. The van der Waals surface area contributed by atoms with E-state index in [4.69, 9.17) is 10.5 Å². The fourth-order valence-electron chi connectivity index (χ4n) is 1.55. The molecule has 0 saturated heterocycles. The molecule has 5 nitrogen and oxygen atoms in total. The number of benzene rings is 1. The van der Waals surface area contributed by atoms with E-state index in [1.54, 1.807) is 7.11 Å². The molecule has 0 aliphatic rings. The van der Waals surface area contributed by atoms with Crippen LogP contribution < -0.4 is 11.1 Å². The van der Waals surface area contributed by atoms with Crippen molar-refractivity contribution in [3.8, 4) is 0 Å². The fraction of sp³-hybridized carbons (Fsp3) is 0.333. The van der Waals surface area contributed by atoms with Crippen LogP contribution in [0.4, 0.5) is 11.8 Å². The first-order valence-corrected chi connectivity index (χ1v) is 5.49. The highest BCUT2D eigenvalue weighted by Crippen LogP contribution is 2.20. The Kier molecular flexibility index (Phi) is 3.39. The van der Waals surface area contributed by atoms with Crippen LogP contribution in [-0.4, -0.2) is 29.7 Å². The average molecular weight is 232 g/mol. The Hall–Kier alpha value is -1.88. The van der Waals surface area contributed by atoms with Crippen LogP contribution in [0.3, 0.4) is 0 Å². The smallest absolute Gasteiger partial charge is 0.222 e. The van der Waals surface area contributed by atoms with E-state index in [0.717, 1.165) is 16.7 Å². The summed E-state index contributed by atoms with van der Waals surface area (Å²) in [6.45, 7) is 2.66. The topological polar surface area (TPSA) is 73.1 Å². The third-order valence-electron chi connectivity index (χ3n) is 2.58. The number of nitrogens with two attached hydrogens (primary N) is 1. The molecule has 1 atom stereocenters. The van der Waals surface area contributed by atoms with Gasteiger partial charge in [-0.05, 0) is 19.1 Å². The lowest BCUT2D eigenvalue weighted by atomic mass is 10.2. The maximum absolute atomic E-state index is 5.67. The molecule has 5 heteroatoms. The Bertz CT molecular complexity index is 515. The highest BCUT2D eigenvalue weighted by atomic mass is 16.5. The number of para-hydroxylation sites is 1. The number of aromatic nitrogens is 2. The van der Waals surface area contributed by atoms with Crippen molar-refractivity contribution >= 4 is 22.7 Å². The van der Waals surface area contributed by atoms with Gasteiger partial charge in [0.1, 0.15) is 5.82 Å². The summed E-state index contributed by atoms with van der Waals surface area (Å²) < 4.78 is 5.18. The minimum Gasteiger partial charge on any atom is -0.380 e. The number of nitrogens with zero attached hydrogens (tertiary/aromatic N) is 2. The van der Waals surface area contributed by atoms with Crippen LogP contribution in [-0.2, 0) is 4.74 Å². The second kappa shape index (κ2) is 4.97. The summed E-state index contributed by atoms with van der Waals surface area (Å²) in [7, 11) is 1.68. The van der Waals surface area contributed by atoms with Crippen molar-refractivity contribution in [3.63, 3.8) is 0 Å². The van der Waals surface area contributed by atoms with Gasteiger partial charge in [-0.25, -0.2) is 4.98 Å². The SMILES string of the molecule is COC(C)CNc1nc(N)nc2ccccc12. The first-order valence-electron chi connectivity index (χ1n) is 5.49. The molecular weight excluding hydrogens is 216 g/mol. The molecule has 0 saturated carbocycles. The lowest BCUT2D eigenvalue weighted by molar-refractivity contribution is 0.128. The van der Waals surface area contributed by atoms with Crippen LogP contribution in [0.2, 0.25) is 0 Å². The zero-order chi connectivity index (χ0) is 12.3. The summed E-state index contributed by atoms with van der Waals surface area (Å²) in [5.74, 6) is 1.02. The third-order valence-corrected chi connectivity index (χ3v) is 2.58. The first kappa shape index (κ1) is 11.6. The molecule has 17 heavy (non-hydrogen) atoms. The van der Waals surface area contributed by atoms with E-state index in [0.29, 0.717) is 6.54 Å². The van der Waals surface area contributed by atoms with Gasteiger partial charge in [-0.3, -0.25) is 0 Å². The first-order chi connectivity index (χ1) is 8.20. The molecule has 2 rings (SSSR count). The second-order valence-corrected chi connectivity index (χ2v) is 3.87. The van der Waals surface area contributed by atoms with Crippen molar-refractivity contribution in [3.05, 3.63) is 24.3 Å². The third kappa shape index (κ3) is 2.62. The van der Waals surface area contributed by atoms with Crippen molar-refractivity contribution in [1.82, 2.24) is 9.97 Å². The number of rotatable bonds is 4. The van der Waals surface area contributed by atoms with Crippen LogP contribution in [0.25, 0.3) is 10.9 Å². The van der Waals surface area contributed by atoms with E-state index in [9.17, 15) is 0 Å². The molecule has 3 N–H and O–H groups in total. The van der Waals surface area contributed by atoms with Gasteiger partial charge in [-0.1, -0.05) is 12.1 Å². The Morgan fingerprint density at radius 1 is 1.35 bits per heavy atom. The number of nitrogen functional groups attached to an aromatic ring is 1. The van der Waals surface area contributed by atoms with Crippen LogP contribution in [0.5, 0.6) is 0 Å². The van der Waals surface area contributed by atoms with Gasteiger partial charge in [-0.2, -0.15) is 4.98 Å². The van der Waals surface area contributed by atoms with Crippen LogP contribution in [0.1, 0.15) is 6.92 Å². The van der Waals surface area contributed by atoms with Crippen LogP contribution in [0.15, 0.2) is 24.3 Å². The van der Waals surface area contributed by atoms with Gasteiger partial charge < -0.3 is 15.8 Å². The molecule has 1 aromatic carbocycles. The number of fused-ring (bicyclic) bond motifs is 1. The van der Waals surface area contributed by atoms with Crippen LogP contribution in [0, 0.1) is 0 Å². The summed E-state index contributed by atoms with van der Waals surface area (Å²) in [5.41, 5.74) is 6.51. The van der Waals surface area contributed by atoms with Crippen molar-refractivity contribution in [1.29, 1.82) is 0 Å². The number of anilines is 2. The number of ether oxygens (including phenoxy) is 1. The number of hydrogen-bond donors (Lipinski definition) is 2. The Balaban J connectivity index is 2.32. The average Bonchev–Trinajstić information content (AvgIpc) is 2.35. The molecule has 0 aliphatic heterocycles. The normalized spacial score (nSPS) is 12.6. The van der Waals surface area contributed by atoms with E-state index in [2.05, 4.69) is 15.3 Å². The molecule has 1 unspecified atom stereocenters. The van der Waals surface area contributed by atoms with Gasteiger partial charge in [0, 0.05) is 19.0 Å². The van der Waals surface area contributed by atoms with Crippen molar-refractivity contribution in [2.45, 2.75) is 13.0 Å². The van der Waals surface area contributed by atoms with Gasteiger partial charge in [-0.15, -0.1) is 0 Å². The Morgan fingerprint density at radius 2 is 2.12 bits per heavy atom. The van der Waals surface area contributed by atoms with Crippen molar-refractivity contribution in [2.75, 3.05) is 24.7 Å². The highest BCUT2D eigenvalue weighted by molar-refractivity contribution is 5.89. The van der Waals surface area contributed by atoms with Gasteiger partial charge in [0.25, 0.3) is 0 Å². The monoisotopic (exact) mass is 232 g/mol. The largest absolute Gasteiger partial charge is 0.380 e. The van der Waals surface area contributed by atoms with E-state index in [1.807, 2.05) is 31.2 Å². The molecule has 1 heterocycles. The van der Waals surface area contributed by atoms with Gasteiger partial charge >= 0.3 is 0 Å². The maximum Gasteiger partial charge on any atom is 0.222 e. The number of hydrogen-bond acceptors (Lipinski definition) is 5. The predicted molar refractivity (Wildman–Crippen MR) is 68.9 cm³/mol. The van der Waals surface area contributed by atoms with E-state index >= 15 is 0 Å². The zero-order valence-corrected chi connectivity index (χ0v) is 9.97. The molecule has 1 aromatic heterocycles. The molecular formula is C12H16N4O. The van der Waals surface area contributed by atoms with E-state index in [-0.39, 0.29) is 12.1 Å². The molecule has 2 aromatic rings. The summed E-state index contributed by atoms with van der Waals surface area (Å²) >= 11 is 0. The molecule has 0 spiro atoms. The highest BCUT2D eigenvalue weighted by Gasteiger charge is 2.06. The Morgan fingerprint density at radius 3 is 2.88 bits per heavy atom. The van der Waals surface area contributed by atoms with Crippen molar-refractivity contribution in [2.24, 2.45) is 0 Å². The molecule has 0 aliphatic carbocycles. The molecule has 0 bridgehead atoms. The maximum atomic E-state index is 5.67. The molecule has 0 fully saturated rings. The standard InChI is InChI=1S/C12H16N4O/c1-8(17-2)7-14-11-9-5-3-4-6-10(9)15-12(13)16-11/h3-6,8H,7H2,1-2H3,(H3,13,14,15,16).